The second-order valence-corrected chi connectivity index (χ2v) is 6.76. The first-order valence-corrected chi connectivity index (χ1v) is 7.73. The summed E-state index contributed by atoms with van der Waals surface area (Å²) in [5.41, 5.74) is 7.58. The lowest BCUT2D eigenvalue weighted by atomic mass is 9.94. The van der Waals surface area contributed by atoms with Gasteiger partial charge in [0.2, 0.25) is 5.91 Å². The normalized spacial score (nSPS) is 14.1. The van der Waals surface area contributed by atoms with Gasteiger partial charge < -0.3 is 11.1 Å². The Balaban J connectivity index is 2.04. The highest BCUT2D eigenvalue weighted by atomic mass is 16.1. The van der Waals surface area contributed by atoms with Gasteiger partial charge in [0.25, 0.3) is 0 Å². The summed E-state index contributed by atoms with van der Waals surface area (Å²) >= 11 is 0. The predicted molar refractivity (Wildman–Crippen MR) is 91.9 cm³/mol. The highest BCUT2D eigenvalue weighted by Gasteiger charge is 2.23. The van der Waals surface area contributed by atoms with Crippen LogP contribution in [-0.4, -0.2) is 15.9 Å². The van der Waals surface area contributed by atoms with Crippen LogP contribution in [0.2, 0.25) is 0 Å². The Bertz CT molecular complexity index is 647. The molecule has 3 N–H and O–H groups in total. The second-order valence-electron chi connectivity index (χ2n) is 6.76. The van der Waals surface area contributed by atoms with Crippen molar-refractivity contribution in [3.8, 4) is 0 Å². The van der Waals surface area contributed by atoms with Crippen LogP contribution >= 0.6 is 0 Å². The topological polar surface area (TPSA) is 80.9 Å². The first-order chi connectivity index (χ1) is 10.8. The third-order valence-corrected chi connectivity index (χ3v) is 3.73. The number of amides is 1. The van der Waals surface area contributed by atoms with Gasteiger partial charge in [-0.05, 0) is 5.56 Å². The van der Waals surface area contributed by atoms with Gasteiger partial charge in [-0.2, -0.15) is 0 Å². The molecule has 23 heavy (non-hydrogen) atoms. The maximum absolute atomic E-state index is 12.4. The first-order valence-electron chi connectivity index (χ1n) is 7.73. The SMILES string of the molecule is CC(C(=O)Nc1cnc(C(C)(C)C)nc1)C(N)c1ccccc1. The number of carbonyl (C=O) groups excluding carboxylic acids is 1. The van der Waals surface area contributed by atoms with Crippen molar-refractivity contribution in [3.05, 3.63) is 54.1 Å². The molecule has 0 saturated heterocycles. The van der Waals surface area contributed by atoms with E-state index in [4.69, 9.17) is 5.73 Å². The smallest absolute Gasteiger partial charge is 0.229 e. The van der Waals surface area contributed by atoms with Crippen LogP contribution in [0.1, 0.15) is 45.1 Å². The van der Waals surface area contributed by atoms with Gasteiger partial charge >= 0.3 is 0 Å². The largest absolute Gasteiger partial charge is 0.323 e. The Morgan fingerprint density at radius 3 is 2.22 bits per heavy atom. The van der Waals surface area contributed by atoms with Crippen molar-refractivity contribution in [2.45, 2.75) is 39.2 Å². The summed E-state index contributed by atoms with van der Waals surface area (Å²) in [6.45, 7) is 7.95. The molecule has 0 bridgehead atoms. The van der Waals surface area contributed by atoms with Gasteiger partial charge in [0.15, 0.2) is 0 Å². The molecule has 0 aliphatic heterocycles. The number of hydrogen-bond acceptors (Lipinski definition) is 4. The molecule has 122 valence electrons. The van der Waals surface area contributed by atoms with Crippen LogP contribution in [0.5, 0.6) is 0 Å². The van der Waals surface area contributed by atoms with Crippen molar-refractivity contribution in [2.75, 3.05) is 5.32 Å². The molecule has 0 radical (unpaired) electrons. The van der Waals surface area contributed by atoms with Gasteiger partial charge in [0.05, 0.1) is 24.0 Å². The monoisotopic (exact) mass is 312 g/mol. The lowest BCUT2D eigenvalue weighted by Crippen LogP contribution is -2.30. The molecule has 5 nitrogen and oxygen atoms in total. The molecule has 1 amide bonds. The van der Waals surface area contributed by atoms with Gasteiger partial charge in [-0.1, -0.05) is 58.0 Å². The molecule has 0 fully saturated rings. The summed E-state index contributed by atoms with van der Waals surface area (Å²) < 4.78 is 0. The summed E-state index contributed by atoms with van der Waals surface area (Å²) in [6.07, 6.45) is 3.26. The van der Waals surface area contributed by atoms with Gasteiger partial charge in [-0.3, -0.25) is 4.79 Å². The van der Waals surface area contributed by atoms with Crippen molar-refractivity contribution < 1.29 is 4.79 Å². The first kappa shape index (κ1) is 17.1. The minimum absolute atomic E-state index is 0.120. The number of benzene rings is 1. The lowest BCUT2D eigenvalue weighted by Gasteiger charge is -2.20. The van der Waals surface area contributed by atoms with E-state index in [9.17, 15) is 4.79 Å². The minimum Gasteiger partial charge on any atom is -0.323 e. The van der Waals surface area contributed by atoms with E-state index in [1.54, 1.807) is 12.4 Å². The van der Waals surface area contributed by atoms with Gasteiger partial charge in [-0.25, -0.2) is 9.97 Å². The molecule has 2 aromatic rings. The number of aromatic nitrogens is 2. The molecule has 2 atom stereocenters. The molecule has 2 unspecified atom stereocenters. The molecule has 0 spiro atoms. The van der Waals surface area contributed by atoms with E-state index in [2.05, 4.69) is 15.3 Å². The maximum Gasteiger partial charge on any atom is 0.229 e. The zero-order valence-electron chi connectivity index (χ0n) is 14.1. The summed E-state index contributed by atoms with van der Waals surface area (Å²) in [6, 6.07) is 9.25. The summed E-state index contributed by atoms with van der Waals surface area (Å²) in [7, 11) is 0. The fourth-order valence-corrected chi connectivity index (χ4v) is 2.16. The number of rotatable bonds is 4. The van der Waals surface area contributed by atoms with Crippen molar-refractivity contribution in [3.63, 3.8) is 0 Å². The number of hydrogen-bond donors (Lipinski definition) is 2. The van der Waals surface area contributed by atoms with Crippen molar-refractivity contribution in [1.82, 2.24) is 9.97 Å². The fraction of sp³-hybridized carbons (Fsp3) is 0.389. The van der Waals surface area contributed by atoms with E-state index in [0.717, 1.165) is 11.4 Å². The van der Waals surface area contributed by atoms with Crippen LogP contribution in [0, 0.1) is 5.92 Å². The molecule has 1 heterocycles. The summed E-state index contributed by atoms with van der Waals surface area (Å²) in [5.74, 6) is 0.234. The van der Waals surface area contributed by atoms with E-state index in [1.165, 1.54) is 0 Å². The van der Waals surface area contributed by atoms with Crippen LogP contribution in [-0.2, 0) is 10.2 Å². The molecule has 1 aromatic heterocycles. The third-order valence-electron chi connectivity index (χ3n) is 3.73. The van der Waals surface area contributed by atoms with Gasteiger partial charge in [0, 0.05) is 11.5 Å². The van der Waals surface area contributed by atoms with Crippen LogP contribution in [0.3, 0.4) is 0 Å². The van der Waals surface area contributed by atoms with Crippen molar-refractivity contribution >= 4 is 11.6 Å². The Hall–Kier alpha value is -2.27. The highest BCUT2D eigenvalue weighted by Crippen LogP contribution is 2.21. The van der Waals surface area contributed by atoms with Crippen LogP contribution in [0.25, 0.3) is 0 Å². The molecule has 2 rings (SSSR count). The Morgan fingerprint density at radius 1 is 1.13 bits per heavy atom. The quantitative estimate of drug-likeness (QED) is 0.909. The Morgan fingerprint density at radius 2 is 1.70 bits per heavy atom. The minimum atomic E-state index is -0.361. The zero-order chi connectivity index (χ0) is 17.0. The predicted octanol–water partition coefficient (Wildman–Crippen LogP) is 3.05. The van der Waals surface area contributed by atoms with Crippen molar-refractivity contribution in [1.29, 1.82) is 0 Å². The van der Waals surface area contributed by atoms with E-state index in [0.29, 0.717) is 5.69 Å². The van der Waals surface area contributed by atoms with Crippen LogP contribution in [0.4, 0.5) is 5.69 Å². The van der Waals surface area contributed by atoms with E-state index in [1.807, 2.05) is 58.0 Å². The Kier molecular flexibility index (Phi) is 5.11. The fourth-order valence-electron chi connectivity index (χ4n) is 2.16. The van der Waals surface area contributed by atoms with E-state index >= 15 is 0 Å². The zero-order valence-corrected chi connectivity index (χ0v) is 14.1. The average molecular weight is 312 g/mol. The highest BCUT2D eigenvalue weighted by molar-refractivity contribution is 5.92. The average Bonchev–Trinajstić information content (AvgIpc) is 2.54. The second kappa shape index (κ2) is 6.87. The van der Waals surface area contributed by atoms with Crippen molar-refractivity contribution in [2.24, 2.45) is 11.7 Å². The molecule has 0 aliphatic rings. The number of carbonyl (C=O) groups is 1. The maximum atomic E-state index is 12.4. The molecule has 1 aromatic carbocycles. The molecule has 0 saturated carbocycles. The van der Waals surface area contributed by atoms with Crippen LogP contribution < -0.4 is 11.1 Å². The standard InChI is InChI=1S/C18H24N4O/c1-12(15(19)13-8-6-5-7-9-13)16(23)22-14-10-20-17(21-11-14)18(2,3)4/h5-12,15H,19H2,1-4H3,(H,22,23). The summed E-state index contributed by atoms with van der Waals surface area (Å²) in [4.78, 5) is 21.0. The lowest BCUT2D eigenvalue weighted by molar-refractivity contribution is -0.120. The number of nitrogens with one attached hydrogen (secondary N) is 1. The van der Waals surface area contributed by atoms with Crippen LogP contribution in [0.15, 0.2) is 42.7 Å². The van der Waals surface area contributed by atoms with Gasteiger partial charge in [0.1, 0.15) is 5.82 Å². The van der Waals surface area contributed by atoms with E-state index in [-0.39, 0.29) is 23.3 Å². The summed E-state index contributed by atoms with van der Waals surface area (Å²) in [5, 5.41) is 2.83. The number of nitrogens with two attached hydrogens (primary N) is 1. The van der Waals surface area contributed by atoms with Gasteiger partial charge in [-0.15, -0.1) is 0 Å². The third kappa shape index (κ3) is 4.36. The molecular weight excluding hydrogens is 288 g/mol. The molecule has 5 heteroatoms. The molecule has 0 aliphatic carbocycles. The number of nitrogens with zero attached hydrogens (tertiary/aromatic N) is 2. The molecular formula is C18H24N4O. The Labute approximate surface area is 137 Å². The number of anilines is 1. The van der Waals surface area contributed by atoms with E-state index < -0.39 is 0 Å².